The van der Waals surface area contributed by atoms with E-state index in [9.17, 15) is 9.59 Å². The number of Topliss-reactive ketones (excluding diaryl/α,β-unsaturated/α-hetero) is 1. The molecule has 1 aromatic rings. The molecular weight excluding hydrogens is 274 g/mol. The van der Waals surface area contributed by atoms with Gasteiger partial charge in [0.2, 0.25) is 0 Å². The topological polar surface area (TPSA) is 47.0 Å². The molecule has 0 aliphatic rings. The van der Waals surface area contributed by atoms with Crippen LogP contribution in [-0.4, -0.2) is 17.1 Å². The molecule has 0 fully saturated rings. The third-order valence-corrected chi connectivity index (χ3v) is 2.96. The summed E-state index contributed by atoms with van der Waals surface area (Å²) in [6.45, 7) is 10.9. The van der Waals surface area contributed by atoms with Crippen LogP contribution in [0.5, 0.6) is 0 Å². The van der Waals surface area contributed by atoms with Gasteiger partial charge in [0.25, 0.3) is 0 Å². The number of pyridine rings is 1. The Bertz CT molecular complexity index is 780. The summed E-state index contributed by atoms with van der Waals surface area (Å²) in [4.78, 5) is 28.2. The summed E-state index contributed by atoms with van der Waals surface area (Å²) < 4.78 is 0. The lowest BCUT2D eigenvalue weighted by Crippen LogP contribution is -2.31. The number of allylic oxidation sites excluding steroid dienone is 6. The van der Waals surface area contributed by atoms with Crippen molar-refractivity contribution < 1.29 is 9.59 Å². The molecule has 0 saturated heterocycles. The van der Waals surface area contributed by atoms with Crippen LogP contribution >= 0.6 is 0 Å². The van der Waals surface area contributed by atoms with E-state index in [-0.39, 0.29) is 17.0 Å². The van der Waals surface area contributed by atoms with Gasteiger partial charge >= 0.3 is 0 Å². The average Bonchev–Trinajstić information content (AvgIpc) is 2.53. The minimum absolute atomic E-state index is 0.114. The Morgan fingerprint density at radius 3 is 2.45 bits per heavy atom. The smallest absolute Gasteiger partial charge is 0.195 e. The van der Waals surface area contributed by atoms with Gasteiger partial charge in [0.05, 0.1) is 10.9 Å². The highest BCUT2D eigenvalue weighted by molar-refractivity contribution is 6.13. The van der Waals surface area contributed by atoms with Crippen LogP contribution in [0.3, 0.4) is 0 Å². The Kier molecular flexibility index (Phi) is 6.64. The zero-order valence-electron chi connectivity index (χ0n) is 12.9. The van der Waals surface area contributed by atoms with Gasteiger partial charge in [-0.2, -0.15) is 0 Å². The molecular formula is C19H19NO2. The van der Waals surface area contributed by atoms with Gasteiger partial charge in [0.1, 0.15) is 5.69 Å². The number of carbonyl (C=O) groups excluding carboxylic acids is 2. The first-order valence-electron chi connectivity index (χ1n) is 6.88. The molecule has 0 aliphatic heterocycles. The summed E-state index contributed by atoms with van der Waals surface area (Å²) in [7, 11) is 0. The normalized spacial score (nSPS) is 13.5. The lowest BCUT2D eigenvalue weighted by Gasteiger charge is -2.05. The third-order valence-electron chi connectivity index (χ3n) is 2.96. The van der Waals surface area contributed by atoms with Gasteiger partial charge in [0.15, 0.2) is 12.1 Å². The lowest BCUT2D eigenvalue weighted by atomic mass is 10.0. The van der Waals surface area contributed by atoms with E-state index in [4.69, 9.17) is 0 Å². The summed E-state index contributed by atoms with van der Waals surface area (Å²) in [5.41, 5.74) is 0.837. The highest BCUT2D eigenvalue weighted by Crippen LogP contribution is 2.10. The molecule has 1 rings (SSSR count). The quantitative estimate of drug-likeness (QED) is 0.350. The molecule has 0 bridgehead atoms. The highest BCUT2D eigenvalue weighted by Gasteiger charge is 2.15. The number of hydrogen-bond donors (Lipinski definition) is 0. The van der Waals surface area contributed by atoms with Crippen molar-refractivity contribution in [2.24, 2.45) is 0 Å². The Balaban J connectivity index is 3.67. The Morgan fingerprint density at radius 1 is 1.23 bits per heavy atom. The van der Waals surface area contributed by atoms with E-state index in [1.165, 1.54) is 6.08 Å². The van der Waals surface area contributed by atoms with Crippen LogP contribution in [0, 0.1) is 0 Å². The molecule has 0 amide bonds. The summed E-state index contributed by atoms with van der Waals surface area (Å²) in [6.07, 6.45) is 12.3. The monoisotopic (exact) mass is 293 g/mol. The second-order valence-corrected chi connectivity index (χ2v) is 4.39. The van der Waals surface area contributed by atoms with Crippen LogP contribution < -0.4 is 10.6 Å². The molecule has 0 spiro atoms. The molecule has 0 radical (unpaired) electrons. The van der Waals surface area contributed by atoms with E-state index in [1.807, 2.05) is 19.9 Å². The molecule has 1 aromatic heterocycles. The minimum atomic E-state index is -0.263. The summed E-state index contributed by atoms with van der Waals surface area (Å²) >= 11 is 0. The van der Waals surface area contributed by atoms with Crippen LogP contribution in [0.15, 0.2) is 55.2 Å². The van der Waals surface area contributed by atoms with Crippen molar-refractivity contribution in [3.63, 3.8) is 0 Å². The zero-order valence-corrected chi connectivity index (χ0v) is 12.9. The fraction of sp³-hybridized carbons (Fsp3) is 0.105. The SMILES string of the molecule is C=C/C=C(\C=C/C)C(=O)c1cc(=C/C)/c(=C\C=C)nc1C=O. The van der Waals surface area contributed by atoms with Gasteiger partial charge < -0.3 is 0 Å². The van der Waals surface area contributed by atoms with E-state index >= 15 is 0 Å². The van der Waals surface area contributed by atoms with Crippen LogP contribution in [0.1, 0.15) is 34.7 Å². The molecule has 3 nitrogen and oxygen atoms in total. The highest BCUT2D eigenvalue weighted by atomic mass is 16.1. The number of carbonyl (C=O) groups is 2. The van der Waals surface area contributed by atoms with Crippen LogP contribution in [0.2, 0.25) is 0 Å². The van der Waals surface area contributed by atoms with Crippen molar-refractivity contribution >= 4 is 24.2 Å². The van der Waals surface area contributed by atoms with Gasteiger partial charge in [-0.15, -0.1) is 0 Å². The van der Waals surface area contributed by atoms with Crippen LogP contribution in [-0.2, 0) is 0 Å². The molecule has 3 heteroatoms. The Morgan fingerprint density at radius 2 is 1.95 bits per heavy atom. The van der Waals surface area contributed by atoms with Crippen LogP contribution in [0.25, 0.3) is 12.2 Å². The van der Waals surface area contributed by atoms with E-state index in [0.29, 0.717) is 17.2 Å². The number of aromatic nitrogens is 1. The van der Waals surface area contributed by atoms with E-state index in [1.54, 1.807) is 36.4 Å². The van der Waals surface area contributed by atoms with Gasteiger partial charge in [-0.3, -0.25) is 9.59 Å². The number of hydrogen-bond acceptors (Lipinski definition) is 3. The van der Waals surface area contributed by atoms with Crippen molar-refractivity contribution in [1.29, 1.82) is 0 Å². The Hall–Kier alpha value is -2.81. The summed E-state index contributed by atoms with van der Waals surface area (Å²) in [5, 5.41) is 1.38. The maximum Gasteiger partial charge on any atom is 0.195 e. The largest absolute Gasteiger partial charge is 0.296 e. The molecule has 0 aliphatic carbocycles. The van der Waals surface area contributed by atoms with Gasteiger partial charge in [0, 0.05) is 5.57 Å². The van der Waals surface area contributed by atoms with E-state index in [0.717, 1.165) is 5.22 Å². The predicted octanol–water partition coefficient (Wildman–Crippen LogP) is 2.53. The second-order valence-electron chi connectivity index (χ2n) is 4.39. The summed E-state index contributed by atoms with van der Waals surface area (Å²) in [5.74, 6) is -0.263. The fourth-order valence-electron chi connectivity index (χ4n) is 1.97. The number of aldehydes is 1. The first-order chi connectivity index (χ1) is 10.6. The van der Waals surface area contributed by atoms with Gasteiger partial charge in [-0.1, -0.05) is 49.6 Å². The van der Waals surface area contributed by atoms with Crippen molar-refractivity contribution in [2.75, 3.05) is 0 Å². The Labute approximate surface area is 130 Å². The number of nitrogens with zero attached hydrogens (tertiary/aromatic N) is 1. The van der Waals surface area contributed by atoms with Crippen LogP contribution in [0.4, 0.5) is 0 Å². The average molecular weight is 293 g/mol. The molecule has 0 atom stereocenters. The van der Waals surface area contributed by atoms with Crippen molar-refractivity contribution in [2.45, 2.75) is 13.8 Å². The van der Waals surface area contributed by atoms with Crippen molar-refractivity contribution in [3.8, 4) is 0 Å². The van der Waals surface area contributed by atoms with E-state index < -0.39 is 0 Å². The van der Waals surface area contributed by atoms with E-state index in [2.05, 4.69) is 18.1 Å². The number of ketones is 1. The van der Waals surface area contributed by atoms with Gasteiger partial charge in [-0.25, -0.2) is 4.98 Å². The zero-order chi connectivity index (χ0) is 16.5. The predicted molar refractivity (Wildman–Crippen MR) is 91.1 cm³/mol. The molecule has 0 N–H and O–H groups in total. The second kappa shape index (κ2) is 8.47. The standard InChI is InChI=1S/C19H19NO2/c1-5-9-15(10-6-2)19(22)16-12-14(8-4)17(11-7-3)20-18(16)13-21/h5-13H,1,3H2,2,4H3/b10-6-,14-8-,15-9+,17-11+. The minimum Gasteiger partial charge on any atom is -0.296 e. The maximum atomic E-state index is 12.6. The molecule has 1 heterocycles. The van der Waals surface area contributed by atoms with Gasteiger partial charge in [-0.05, 0) is 31.2 Å². The first-order valence-corrected chi connectivity index (χ1v) is 6.88. The molecule has 22 heavy (non-hydrogen) atoms. The first kappa shape index (κ1) is 17.2. The lowest BCUT2D eigenvalue weighted by molar-refractivity contribution is 0.102. The molecule has 112 valence electrons. The number of rotatable bonds is 6. The molecule has 0 unspecified atom stereocenters. The third kappa shape index (κ3) is 3.85. The molecule has 0 aromatic carbocycles. The fourth-order valence-corrected chi connectivity index (χ4v) is 1.97. The molecule has 0 saturated carbocycles. The summed E-state index contributed by atoms with van der Waals surface area (Å²) in [6, 6.07) is 1.68. The van der Waals surface area contributed by atoms with Crippen molar-refractivity contribution in [3.05, 3.63) is 77.0 Å². The maximum absolute atomic E-state index is 12.6. The van der Waals surface area contributed by atoms with Crippen molar-refractivity contribution in [1.82, 2.24) is 4.98 Å².